The van der Waals surface area contributed by atoms with Gasteiger partial charge in [-0.05, 0) is 42.7 Å². The monoisotopic (exact) mass is 308 g/mol. The molecule has 2 rings (SSSR count). The van der Waals surface area contributed by atoms with E-state index in [1.807, 2.05) is 36.4 Å². The van der Waals surface area contributed by atoms with Gasteiger partial charge >= 0.3 is 0 Å². The van der Waals surface area contributed by atoms with Crippen LogP contribution in [-0.4, -0.2) is 13.3 Å². The van der Waals surface area contributed by atoms with Gasteiger partial charge in [0.1, 0.15) is 7.14 Å². The molecule has 0 spiro atoms. The maximum absolute atomic E-state index is 12.1. The number of hydrogen-bond acceptors (Lipinski definition) is 1. The zero-order valence-corrected chi connectivity index (χ0v) is 12.3. The van der Waals surface area contributed by atoms with Gasteiger partial charge in [0.25, 0.3) is 0 Å². The van der Waals surface area contributed by atoms with Crippen molar-refractivity contribution in [2.24, 2.45) is 0 Å². The second-order valence-corrected chi connectivity index (χ2v) is 8.55. The van der Waals surface area contributed by atoms with Crippen molar-refractivity contribution in [3.05, 3.63) is 53.0 Å². The molecule has 0 radical (unpaired) electrons. The first-order valence-corrected chi connectivity index (χ1v) is 8.78. The van der Waals surface area contributed by atoms with Crippen LogP contribution >= 0.6 is 23.1 Å². The van der Waals surface area contributed by atoms with Gasteiger partial charge in [-0.25, -0.2) is 0 Å². The summed E-state index contributed by atoms with van der Waals surface area (Å²) in [6.45, 7) is 3.60. The lowest BCUT2D eigenvalue weighted by molar-refractivity contribution is 0.588. The molecular formula is C14H14BrOP. The summed E-state index contributed by atoms with van der Waals surface area (Å²) in [4.78, 5) is 0. The van der Waals surface area contributed by atoms with Crippen LogP contribution < -0.4 is 5.30 Å². The predicted octanol–water partition coefficient (Wildman–Crippen LogP) is 4.36. The van der Waals surface area contributed by atoms with E-state index in [9.17, 15) is 4.57 Å². The van der Waals surface area contributed by atoms with Crippen LogP contribution in [0, 0.1) is 0 Å². The summed E-state index contributed by atoms with van der Waals surface area (Å²) in [5.41, 5.74) is 2.24. The molecule has 0 aliphatic rings. The first kappa shape index (κ1) is 12.6. The zero-order chi connectivity index (χ0) is 12.5. The summed E-state index contributed by atoms with van der Waals surface area (Å²) >= 11 is 3.46. The topological polar surface area (TPSA) is 17.1 Å². The lowest BCUT2D eigenvalue weighted by atomic mass is 10.1. The third kappa shape index (κ3) is 3.08. The molecule has 1 nitrogen and oxygen atoms in total. The van der Waals surface area contributed by atoms with E-state index in [2.05, 4.69) is 28.1 Å². The van der Waals surface area contributed by atoms with E-state index in [1.165, 1.54) is 0 Å². The third-order valence-corrected chi connectivity index (χ3v) is 4.64. The predicted molar refractivity (Wildman–Crippen MR) is 78.7 cm³/mol. The molecule has 0 saturated heterocycles. The molecule has 0 aliphatic heterocycles. The van der Waals surface area contributed by atoms with Crippen LogP contribution in [0.2, 0.25) is 0 Å². The molecule has 0 fully saturated rings. The van der Waals surface area contributed by atoms with Gasteiger partial charge < -0.3 is 4.57 Å². The minimum atomic E-state index is -2.19. The normalized spacial score (nSPS) is 11.5. The van der Waals surface area contributed by atoms with E-state index in [0.717, 1.165) is 20.9 Å². The van der Waals surface area contributed by atoms with E-state index in [-0.39, 0.29) is 0 Å². The van der Waals surface area contributed by atoms with E-state index in [1.54, 1.807) is 13.3 Å². The SMILES string of the molecule is CP(C)(=O)c1cccc(-c2cccc(Br)c2)c1. The van der Waals surface area contributed by atoms with Gasteiger partial charge in [-0.3, -0.25) is 0 Å². The molecule has 0 saturated carbocycles. The first-order valence-electron chi connectivity index (χ1n) is 5.38. The minimum Gasteiger partial charge on any atom is -0.319 e. The van der Waals surface area contributed by atoms with Crippen LogP contribution in [0.5, 0.6) is 0 Å². The quantitative estimate of drug-likeness (QED) is 0.753. The highest BCUT2D eigenvalue weighted by molar-refractivity contribution is 9.10. The van der Waals surface area contributed by atoms with E-state index >= 15 is 0 Å². The van der Waals surface area contributed by atoms with Crippen LogP contribution in [0.4, 0.5) is 0 Å². The average molecular weight is 309 g/mol. The Morgan fingerprint density at radius 2 is 1.53 bits per heavy atom. The number of halogens is 1. The van der Waals surface area contributed by atoms with Crippen molar-refractivity contribution in [2.75, 3.05) is 13.3 Å². The maximum Gasteiger partial charge on any atom is 0.109 e. The lowest BCUT2D eigenvalue weighted by Crippen LogP contribution is -2.02. The first-order chi connectivity index (χ1) is 7.97. The molecule has 0 N–H and O–H groups in total. The van der Waals surface area contributed by atoms with Crippen molar-refractivity contribution >= 4 is 28.4 Å². The fourth-order valence-electron chi connectivity index (χ4n) is 1.69. The van der Waals surface area contributed by atoms with Crippen LogP contribution in [0.25, 0.3) is 11.1 Å². The van der Waals surface area contributed by atoms with Gasteiger partial charge in [0.05, 0.1) is 0 Å². The van der Waals surface area contributed by atoms with Crippen LogP contribution in [-0.2, 0) is 4.57 Å². The molecule has 2 aromatic carbocycles. The van der Waals surface area contributed by atoms with E-state index in [0.29, 0.717) is 0 Å². The Morgan fingerprint density at radius 3 is 2.12 bits per heavy atom. The summed E-state index contributed by atoms with van der Waals surface area (Å²) < 4.78 is 13.1. The Morgan fingerprint density at radius 1 is 0.941 bits per heavy atom. The standard InChI is InChI=1S/C14H14BrOP/c1-17(2,16)14-8-4-6-12(10-14)11-5-3-7-13(15)9-11/h3-10H,1-2H3. The molecule has 0 aromatic heterocycles. The second kappa shape index (κ2) is 4.80. The Hall–Kier alpha value is -0.850. The van der Waals surface area contributed by atoms with Crippen molar-refractivity contribution in [1.82, 2.24) is 0 Å². The number of hydrogen-bond donors (Lipinski definition) is 0. The number of rotatable bonds is 2. The fraction of sp³-hybridized carbons (Fsp3) is 0.143. The largest absolute Gasteiger partial charge is 0.319 e. The molecule has 0 aliphatic carbocycles. The molecule has 0 heterocycles. The Labute approximate surface area is 110 Å². The van der Waals surface area contributed by atoms with Crippen molar-refractivity contribution in [3.8, 4) is 11.1 Å². The Balaban J connectivity index is 2.51. The molecule has 0 amide bonds. The van der Waals surface area contributed by atoms with Gasteiger partial charge in [0.2, 0.25) is 0 Å². The molecule has 17 heavy (non-hydrogen) atoms. The van der Waals surface area contributed by atoms with Crippen molar-refractivity contribution in [3.63, 3.8) is 0 Å². The Bertz CT molecular complexity index is 586. The maximum atomic E-state index is 12.1. The fourth-order valence-corrected chi connectivity index (χ4v) is 2.98. The number of benzene rings is 2. The summed E-state index contributed by atoms with van der Waals surface area (Å²) in [5.74, 6) is 0. The highest BCUT2D eigenvalue weighted by Crippen LogP contribution is 2.35. The smallest absolute Gasteiger partial charge is 0.109 e. The van der Waals surface area contributed by atoms with Crippen LogP contribution in [0.15, 0.2) is 53.0 Å². The highest BCUT2D eigenvalue weighted by atomic mass is 79.9. The van der Waals surface area contributed by atoms with Crippen LogP contribution in [0.1, 0.15) is 0 Å². The summed E-state index contributed by atoms with van der Waals surface area (Å²) in [7, 11) is -2.19. The Kier molecular flexibility index (Phi) is 3.56. The summed E-state index contributed by atoms with van der Waals surface area (Å²) in [5, 5.41) is 0.926. The van der Waals surface area contributed by atoms with Gasteiger partial charge in [-0.2, -0.15) is 0 Å². The minimum absolute atomic E-state index is 0.926. The van der Waals surface area contributed by atoms with Gasteiger partial charge in [-0.1, -0.05) is 46.3 Å². The van der Waals surface area contributed by atoms with Crippen molar-refractivity contribution in [1.29, 1.82) is 0 Å². The average Bonchev–Trinajstić information content (AvgIpc) is 2.28. The van der Waals surface area contributed by atoms with Gasteiger partial charge in [-0.15, -0.1) is 0 Å². The molecule has 0 atom stereocenters. The molecular weight excluding hydrogens is 295 g/mol. The zero-order valence-electron chi connectivity index (χ0n) is 9.85. The van der Waals surface area contributed by atoms with Crippen molar-refractivity contribution < 1.29 is 4.57 Å². The second-order valence-electron chi connectivity index (χ2n) is 4.41. The van der Waals surface area contributed by atoms with E-state index in [4.69, 9.17) is 0 Å². The molecule has 0 unspecified atom stereocenters. The molecule has 3 heteroatoms. The third-order valence-electron chi connectivity index (χ3n) is 2.63. The molecule has 88 valence electrons. The van der Waals surface area contributed by atoms with Crippen LogP contribution in [0.3, 0.4) is 0 Å². The molecule has 0 bridgehead atoms. The molecule has 2 aromatic rings. The van der Waals surface area contributed by atoms with E-state index < -0.39 is 7.14 Å². The van der Waals surface area contributed by atoms with Gasteiger partial charge in [0, 0.05) is 9.78 Å². The van der Waals surface area contributed by atoms with Crippen molar-refractivity contribution in [2.45, 2.75) is 0 Å². The van der Waals surface area contributed by atoms with Gasteiger partial charge in [0.15, 0.2) is 0 Å². The highest BCUT2D eigenvalue weighted by Gasteiger charge is 2.11. The summed E-state index contributed by atoms with van der Waals surface area (Å²) in [6, 6.07) is 16.1. The summed E-state index contributed by atoms with van der Waals surface area (Å²) in [6.07, 6.45) is 0. The lowest BCUT2D eigenvalue weighted by Gasteiger charge is -2.09.